The summed E-state index contributed by atoms with van der Waals surface area (Å²) in [4.78, 5) is 36.2. The number of amides is 2. The van der Waals surface area contributed by atoms with Crippen molar-refractivity contribution in [1.82, 2.24) is 10.6 Å². The molecule has 6 nitrogen and oxygen atoms in total. The van der Waals surface area contributed by atoms with E-state index in [1.165, 1.54) is 0 Å². The number of nitrogens with one attached hydrogen (secondary N) is 2. The first-order valence-corrected chi connectivity index (χ1v) is 8.28. The SMILES string of the molecule is C=CCCC(NC(=O)C(NC(=O)c1ccccc1C)C(C)C)C(=O)O. The van der Waals surface area contributed by atoms with E-state index in [4.69, 9.17) is 0 Å². The molecule has 0 fully saturated rings. The van der Waals surface area contributed by atoms with Crippen molar-refractivity contribution in [3.63, 3.8) is 0 Å². The van der Waals surface area contributed by atoms with Crippen molar-refractivity contribution in [1.29, 1.82) is 0 Å². The van der Waals surface area contributed by atoms with E-state index in [2.05, 4.69) is 17.2 Å². The highest BCUT2D eigenvalue weighted by Crippen LogP contribution is 2.10. The van der Waals surface area contributed by atoms with Crippen LogP contribution in [-0.4, -0.2) is 35.0 Å². The molecule has 0 bridgehead atoms. The summed E-state index contributed by atoms with van der Waals surface area (Å²) < 4.78 is 0. The fourth-order valence-electron chi connectivity index (χ4n) is 2.39. The number of hydrogen-bond donors (Lipinski definition) is 3. The van der Waals surface area contributed by atoms with Gasteiger partial charge in [-0.05, 0) is 37.3 Å². The van der Waals surface area contributed by atoms with Crippen LogP contribution < -0.4 is 10.6 Å². The molecule has 0 heterocycles. The van der Waals surface area contributed by atoms with Gasteiger partial charge in [0, 0.05) is 5.56 Å². The van der Waals surface area contributed by atoms with Gasteiger partial charge in [0.05, 0.1) is 0 Å². The van der Waals surface area contributed by atoms with Gasteiger partial charge in [0.1, 0.15) is 12.1 Å². The van der Waals surface area contributed by atoms with Crippen LogP contribution in [0, 0.1) is 12.8 Å². The fourth-order valence-corrected chi connectivity index (χ4v) is 2.39. The molecule has 0 spiro atoms. The molecule has 2 amide bonds. The molecule has 25 heavy (non-hydrogen) atoms. The van der Waals surface area contributed by atoms with Gasteiger partial charge in [0.15, 0.2) is 0 Å². The highest BCUT2D eigenvalue weighted by atomic mass is 16.4. The molecule has 0 aliphatic rings. The molecule has 0 aromatic heterocycles. The quantitative estimate of drug-likeness (QED) is 0.598. The van der Waals surface area contributed by atoms with Gasteiger partial charge in [-0.3, -0.25) is 9.59 Å². The first-order valence-electron chi connectivity index (χ1n) is 8.28. The van der Waals surface area contributed by atoms with E-state index in [9.17, 15) is 19.5 Å². The van der Waals surface area contributed by atoms with Gasteiger partial charge in [-0.15, -0.1) is 6.58 Å². The van der Waals surface area contributed by atoms with Crippen molar-refractivity contribution >= 4 is 17.8 Å². The van der Waals surface area contributed by atoms with Crippen LogP contribution in [-0.2, 0) is 9.59 Å². The van der Waals surface area contributed by atoms with E-state index in [1.807, 2.05) is 19.1 Å². The molecular formula is C19H26N2O4. The summed E-state index contributed by atoms with van der Waals surface area (Å²) in [6.07, 6.45) is 2.32. The highest BCUT2D eigenvalue weighted by Gasteiger charge is 2.28. The molecule has 1 aromatic carbocycles. The summed E-state index contributed by atoms with van der Waals surface area (Å²) in [6.45, 7) is 8.95. The van der Waals surface area contributed by atoms with E-state index < -0.39 is 24.0 Å². The maximum absolute atomic E-state index is 12.5. The Hall–Kier alpha value is -2.63. The predicted octanol–water partition coefficient (Wildman–Crippen LogP) is 2.29. The van der Waals surface area contributed by atoms with Crippen molar-refractivity contribution < 1.29 is 19.5 Å². The molecule has 2 unspecified atom stereocenters. The van der Waals surface area contributed by atoms with Gasteiger partial charge in [-0.2, -0.15) is 0 Å². The van der Waals surface area contributed by atoms with Crippen LogP contribution >= 0.6 is 0 Å². The molecule has 0 aliphatic carbocycles. The molecule has 0 aliphatic heterocycles. The Morgan fingerprint density at radius 2 is 1.84 bits per heavy atom. The van der Waals surface area contributed by atoms with Crippen molar-refractivity contribution in [2.24, 2.45) is 5.92 Å². The van der Waals surface area contributed by atoms with Gasteiger partial charge in [0.2, 0.25) is 5.91 Å². The first-order chi connectivity index (χ1) is 11.8. The van der Waals surface area contributed by atoms with E-state index in [0.29, 0.717) is 12.0 Å². The lowest BCUT2D eigenvalue weighted by Crippen LogP contribution is -2.53. The molecule has 6 heteroatoms. The Bertz CT molecular complexity index is 640. The summed E-state index contributed by atoms with van der Waals surface area (Å²) >= 11 is 0. The largest absolute Gasteiger partial charge is 0.480 e. The number of allylic oxidation sites excluding steroid dienone is 1. The summed E-state index contributed by atoms with van der Waals surface area (Å²) in [5.41, 5.74) is 1.29. The fraction of sp³-hybridized carbons (Fsp3) is 0.421. The van der Waals surface area contributed by atoms with Crippen molar-refractivity contribution in [3.8, 4) is 0 Å². The normalized spacial score (nSPS) is 13.0. The predicted molar refractivity (Wildman–Crippen MR) is 96.3 cm³/mol. The third-order valence-electron chi connectivity index (χ3n) is 3.90. The van der Waals surface area contributed by atoms with Crippen molar-refractivity contribution in [2.45, 2.75) is 45.7 Å². The number of carboxylic acid groups (broad SMARTS) is 1. The first kappa shape index (κ1) is 20.4. The Kier molecular flexibility index (Phi) is 7.85. The van der Waals surface area contributed by atoms with Gasteiger partial charge >= 0.3 is 5.97 Å². The number of aliphatic carboxylic acids is 1. The second-order valence-electron chi connectivity index (χ2n) is 6.28. The molecular weight excluding hydrogens is 320 g/mol. The summed E-state index contributed by atoms with van der Waals surface area (Å²) in [6, 6.07) is 5.25. The topological polar surface area (TPSA) is 95.5 Å². The van der Waals surface area contributed by atoms with Crippen LogP contribution in [0.1, 0.15) is 42.6 Å². The van der Waals surface area contributed by atoms with Gasteiger partial charge in [0.25, 0.3) is 5.91 Å². The van der Waals surface area contributed by atoms with Gasteiger partial charge in [-0.1, -0.05) is 38.1 Å². The Labute approximate surface area is 148 Å². The molecule has 2 atom stereocenters. The number of aryl methyl sites for hydroxylation is 1. The Morgan fingerprint density at radius 3 is 2.36 bits per heavy atom. The third-order valence-corrected chi connectivity index (χ3v) is 3.90. The van der Waals surface area contributed by atoms with E-state index >= 15 is 0 Å². The highest BCUT2D eigenvalue weighted by molar-refractivity contribution is 5.99. The van der Waals surface area contributed by atoms with E-state index in [1.54, 1.807) is 32.1 Å². The number of carbonyl (C=O) groups is 3. The minimum atomic E-state index is -1.11. The number of carbonyl (C=O) groups excluding carboxylic acids is 2. The minimum absolute atomic E-state index is 0.193. The molecule has 136 valence electrons. The number of rotatable bonds is 9. The average molecular weight is 346 g/mol. The van der Waals surface area contributed by atoms with Gasteiger partial charge in [-0.25, -0.2) is 4.79 Å². The van der Waals surface area contributed by atoms with Crippen LogP contribution in [0.2, 0.25) is 0 Å². The maximum Gasteiger partial charge on any atom is 0.326 e. The van der Waals surface area contributed by atoms with Crippen LogP contribution in [0.5, 0.6) is 0 Å². The zero-order valence-corrected chi connectivity index (χ0v) is 14.9. The zero-order chi connectivity index (χ0) is 19.0. The molecule has 1 aromatic rings. The maximum atomic E-state index is 12.5. The molecule has 0 radical (unpaired) electrons. The summed E-state index contributed by atoms with van der Waals surface area (Å²) in [5.74, 6) is -2.16. The number of benzene rings is 1. The van der Waals surface area contributed by atoms with E-state index in [-0.39, 0.29) is 18.2 Å². The average Bonchev–Trinajstić information content (AvgIpc) is 2.55. The van der Waals surface area contributed by atoms with Crippen LogP contribution in [0.25, 0.3) is 0 Å². The van der Waals surface area contributed by atoms with E-state index in [0.717, 1.165) is 5.56 Å². The monoisotopic (exact) mass is 346 g/mol. The second kappa shape index (κ2) is 9.61. The third kappa shape index (κ3) is 6.06. The summed E-state index contributed by atoms with van der Waals surface area (Å²) in [5, 5.41) is 14.4. The lowest BCUT2D eigenvalue weighted by Gasteiger charge is -2.24. The Morgan fingerprint density at radius 1 is 1.20 bits per heavy atom. The standard InChI is InChI=1S/C19H26N2O4/c1-5-6-11-15(19(24)25)20-18(23)16(12(2)3)21-17(22)14-10-8-7-9-13(14)4/h5,7-10,12,15-16H,1,6,11H2,2-4H3,(H,20,23)(H,21,22)(H,24,25). The van der Waals surface area contributed by atoms with Crippen molar-refractivity contribution in [2.75, 3.05) is 0 Å². The van der Waals surface area contributed by atoms with Crippen LogP contribution in [0.3, 0.4) is 0 Å². The molecule has 0 saturated heterocycles. The second-order valence-corrected chi connectivity index (χ2v) is 6.28. The van der Waals surface area contributed by atoms with Gasteiger partial charge < -0.3 is 15.7 Å². The molecule has 1 rings (SSSR count). The Balaban J connectivity index is 2.86. The molecule has 0 saturated carbocycles. The lowest BCUT2D eigenvalue weighted by atomic mass is 10.0. The zero-order valence-electron chi connectivity index (χ0n) is 14.9. The molecule has 3 N–H and O–H groups in total. The number of carboxylic acids is 1. The van der Waals surface area contributed by atoms with Crippen LogP contribution in [0.15, 0.2) is 36.9 Å². The minimum Gasteiger partial charge on any atom is -0.480 e. The van der Waals surface area contributed by atoms with Crippen molar-refractivity contribution in [3.05, 3.63) is 48.0 Å². The smallest absolute Gasteiger partial charge is 0.326 e. The number of hydrogen-bond acceptors (Lipinski definition) is 3. The lowest BCUT2D eigenvalue weighted by molar-refractivity contribution is -0.142. The van der Waals surface area contributed by atoms with Crippen LogP contribution in [0.4, 0.5) is 0 Å². The summed E-state index contributed by atoms with van der Waals surface area (Å²) in [7, 11) is 0.